The van der Waals surface area contributed by atoms with Crippen LogP contribution in [0.3, 0.4) is 0 Å². The van der Waals surface area contributed by atoms with Crippen molar-refractivity contribution < 1.29 is 36.3 Å². The molecule has 3 aromatic rings. The van der Waals surface area contributed by atoms with E-state index in [1.54, 1.807) is 0 Å². The van der Waals surface area contributed by atoms with E-state index in [0.717, 1.165) is 52.8 Å². The van der Waals surface area contributed by atoms with Crippen molar-refractivity contribution in [3.05, 3.63) is 81.4 Å². The van der Waals surface area contributed by atoms with Gasteiger partial charge in [0.15, 0.2) is 5.13 Å². The van der Waals surface area contributed by atoms with Crippen LogP contribution in [0.15, 0.2) is 47.6 Å². The van der Waals surface area contributed by atoms with Crippen LogP contribution in [0, 0.1) is 18.6 Å². The Hall–Kier alpha value is -4.20. The minimum absolute atomic E-state index is 0.0105. The molecule has 2 aromatic carbocycles. The van der Waals surface area contributed by atoms with Gasteiger partial charge in [-0.2, -0.15) is 18.3 Å². The molecule has 0 saturated heterocycles. The van der Waals surface area contributed by atoms with Crippen LogP contribution in [0.4, 0.5) is 31.9 Å². The molecule has 36 heavy (non-hydrogen) atoms. The van der Waals surface area contributed by atoms with Gasteiger partial charge in [0, 0.05) is 7.05 Å². The van der Waals surface area contributed by atoms with Crippen molar-refractivity contribution in [3.8, 4) is 0 Å². The van der Waals surface area contributed by atoms with E-state index in [1.165, 1.54) is 26.1 Å². The maximum atomic E-state index is 13.8. The minimum atomic E-state index is -4.48. The van der Waals surface area contributed by atoms with Gasteiger partial charge < -0.3 is 0 Å². The molecule has 3 rings (SSSR count). The minimum Gasteiger partial charge on any atom is -0.273 e. The Bertz CT molecular complexity index is 1320. The third kappa shape index (κ3) is 6.07. The Kier molecular flexibility index (Phi) is 7.77. The van der Waals surface area contributed by atoms with Crippen LogP contribution in [-0.2, 0) is 6.18 Å². The van der Waals surface area contributed by atoms with E-state index in [4.69, 9.17) is 0 Å². The summed E-state index contributed by atoms with van der Waals surface area (Å²) in [5, 5.41) is 5.52. The average Bonchev–Trinajstić information content (AvgIpc) is 3.19. The number of nitrogens with zero attached hydrogens (tertiary/aromatic N) is 3. The standard InChI is InChI=1S/C22H16F5N5O3S/c1-11-17(19(34)31-28-10-12-6-8-13(9-7-12)22(25,26)27)36-21(29-11)32(2)20(35)30-18(33)16-14(23)4-3-5-15(16)24/h3-10H,1-2H3,(H,31,34)(H,30,33,35)/b28-10+. The molecule has 0 spiro atoms. The predicted molar refractivity (Wildman–Crippen MR) is 121 cm³/mol. The second-order valence-electron chi connectivity index (χ2n) is 7.14. The van der Waals surface area contributed by atoms with E-state index >= 15 is 0 Å². The van der Waals surface area contributed by atoms with Gasteiger partial charge in [-0.3, -0.25) is 19.8 Å². The van der Waals surface area contributed by atoms with Gasteiger partial charge in [0.2, 0.25) is 0 Å². The normalized spacial score (nSPS) is 11.4. The van der Waals surface area contributed by atoms with Gasteiger partial charge in [-0.15, -0.1) is 0 Å². The summed E-state index contributed by atoms with van der Waals surface area (Å²) in [6.07, 6.45) is -3.33. The SMILES string of the molecule is Cc1nc(N(C)C(=O)NC(=O)c2c(F)cccc2F)sc1C(=O)N/N=C/c1ccc(C(F)(F)F)cc1. The number of imide groups is 1. The first-order chi connectivity index (χ1) is 16.9. The number of alkyl halides is 3. The quantitative estimate of drug-likeness (QED) is 0.291. The average molecular weight is 525 g/mol. The number of aryl methyl sites for hydroxylation is 1. The molecular weight excluding hydrogens is 509 g/mol. The second kappa shape index (κ2) is 10.6. The maximum absolute atomic E-state index is 13.8. The van der Waals surface area contributed by atoms with Crippen LogP contribution in [0.25, 0.3) is 0 Å². The van der Waals surface area contributed by atoms with Crippen LogP contribution in [-0.4, -0.2) is 36.1 Å². The zero-order chi connectivity index (χ0) is 26.6. The fraction of sp³-hybridized carbons (Fsp3) is 0.136. The molecule has 0 radical (unpaired) electrons. The molecule has 8 nitrogen and oxygen atoms in total. The Morgan fingerprint density at radius 2 is 1.64 bits per heavy atom. The first-order valence-corrected chi connectivity index (χ1v) is 10.7. The van der Waals surface area contributed by atoms with Crippen molar-refractivity contribution in [2.75, 3.05) is 11.9 Å². The van der Waals surface area contributed by atoms with Crippen molar-refractivity contribution in [3.63, 3.8) is 0 Å². The molecule has 0 aliphatic heterocycles. The van der Waals surface area contributed by atoms with Gasteiger partial charge in [-0.25, -0.2) is 24.0 Å². The number of hydrazone groups is 1. The summed E-state index contributed by atoms with van der Waals surface area (Å²) in [4.78, 5) is 41.9. The number of benzene rings is 2. The lowest BCUT2D eigenvalue weighted by Gasteiger charge is -2.14. The van der Waals surface area contributed by atoms with Crippen molar-refractivity contribution in [1.29, 1.82) is 0 Å². The largest absolute Gasteiger partial charge is 0.416 e. The molecule has 0 saturated carbocycles. The first-order valence-electron chi connectivity index (χ1n) is 9.89. The summed E-state index contributed by atoms with van der Waals surface area (Å²) < 4.78 is 65.4. The van der Waals surface area contributed by atoms with Crippen LogP contribution >= 0.6 is 11.3 Å². The van der Waals surface area contributed by atoms with Gasteiger partial charge in [0.05, 0.1) is 17.5 Å². The summed E-state index contributed by atoms with van der Waals surface area (Å²) in [5.41, 5.74) is 0.959. The molecule has 1 heterocycles. The molecular formula is C22H16F5N5O3S. The van der Waals surface area contributed by atoms with Crippen molar-refractivity contribution in [1.82, 2.24) is 15.7 Å². The highest BCUT2D eigenvalue weighted by molar-refractivity contribution is 7.17. The molecule has 14 heteroatoms. The fourth-order valence-corrected chi connectivity index (χ4v) is 3.67. The highest BCUT2D eigenvalue weighted by Gasteiger charge is 2.30. The van der Waals surface area contributed by atoms with Gasteiger partial charge in [0.1, 0.15) is 22.1 Å². The zero-order valence-electron chi connectivity index (χ0n) is 18.5. The number of hydrogen-bond acceptors (Lipinski definition) is 6. The van der Waals surface area contributed by atoms with Crippen molar-refractivity contribution in [2.45, 2.75) is 13.1 Å². The van der Waals surface area contributed by atoms with Gasteiger partial charge in [-0.1, -0.05) is 29.5 Å². The highest BCUT2D eigenvalue weighted by Crippen LogP contribution is 2.29. The van der Waals surface area contributed by atoms with Gasteiger partial charge in [0.25, 0.3) is 11.8 Å². The Balaban J connectivity index is 1.64. The fourth-order valence-electron chi connectivity index (χ4n) is 2.76. The number of aromatic nitrogens is 1. The van der Waals surface area contributed by atoms with Gasteiger partial charge in [-0.05, 0) is 36.8 Å². The summed E-state index contributed by atoms with van der Waals surface area (Å²) in [7, 11) is 1.23. The number of thiazole rings is 1. The summed E-state index contributed by atoms with van der Waals surface area (Å²) >= 11 is 0.768. The Morgan fingerprint density at radius 1 is 1.03 bits per heavy atom. The number of carbonyl (C=O) groups excluding carboxylic acids is 3. The number of halogens is 5. The molecule has 2 N–H and O–H groups in total. The van der Waals surface area contributed by atoms with Crippen LogP contribution in [0.5, 0.6) is 0 Å². The smallest absolute Gasteiger partial charge is 0.273 e. The molecule has 4 amide bonds. The zero-order valence-corrected chi connectivity index (χ0v) is 19.3. The first kappa shape index (κ1) is 26.4. The van der Waals surface area contributed by atoms with E-state index in [2.05, 4.69) is 15.5 Å². The number of nitrogens with one attached hydrogen (secondary N) is 2. The van der Waals surface area contributed by atoms with Gasteiger partial charge >= 0.3 is 12.2 Å². The Labute approximate surface area is 204 Å². The topological polar surface area (TPSA) is 104 Å². The summed E-state index contributed by atoms with van der Waals surface area (Å²) in [5.74, 6) is -4.31. The van der Waals surface area contributed by atoms with E-state index in [9.17, 15) is 36.3 Å². The molecule has 0 unspecified atom stereocenters. The third-order valence-electron chi connectivity index (χ3n) is 4.61. The molecule has 0 fully saturated rings. The number of urea groups is 1. The van der Waals surface area contributed by atoms with E-state index in [0.29, 0.717) is 5.56 Å². The lowest BCUT2D eigenvalue weighted by Crippen LogP contribution is -2.41. The van der Waals surface area contributed by atoms with Crippen LogP contribution in [0.2, 0.25) is 0 Å². The predicted octanol–water partition coefficient (Wildman–Crippen LogP) is 4.50. The molecule has 0 atom stereocenters. The number of carbonyl (C=O) groups is 3. The number of amides is 4. The molecule has 1 aromatic heterocycles. The molecule has 0 aliphatic rings. The van der Waals surface area contributed by atoms with Crippen molar-refractivity contribution >= 4 is 40.5 Å². The van der Waals surface area contributed by atoms with E-state index < -0.39 is 46.8 Å². The Morgan fingerprint density at radius 3 is 2.22 bits per heavy atom. The third-order valence-corrected chi connectivity index (χ3v) is 5.84. The molecule has 0 bridgehead atoms. The van der Waals surface area contributed by atoms with Crippen molar-refractivity contribution in [2.24, 2.45) is 5.10 Å². The number of rotatable bonds is 5. The lowest BCUT2D eigenvalue weighted by molar-refractivity contribution is -0.137. The van der Waals surface area contributed by atoms with E-state index in [1.807, 2.05) is 5.32 Å². The van der Waals surface area contributed by atoms with E-state index in [-0.39, 0.29) is 15.7 Å². The number of anilines is 1. The van der Waals surface area contributed by atoms with Crippen LogP contribution < -0.4 is 15.6 Å². The summed E-state index contributed by atoms with van der Waals surface area (Å²) in [6.45, 7) is 1.47. The summed E-state index contributed by atoms with van der Waals surface area (Å²) in [6, 6.07) is 5.83. The highest BCUT2D eigenvalue weighted by atomic mass is 32.1. The van der Waals surface area contributed by atoms with Crippen LogP contribution in [0.1, 0.15) is 36.9 Å². The second-order valence-corrected chi connectivity index (χ2v) is 8.12. The lowest BCUT2D eigenvalue weighted by atomic mass is 10.1. The monoisotopic (exact) mass is 525 g/mol. The molecule has 0 aliphatic carbocycles. The maximum Gasteiger partial charge on any atom is 0.416 e. The number of hydrogen-bond donors (Lipinski definition) is 2. The molecule has 188 valence electrons.